The van der Waals surface area contributed by atoms with E-state index in [1.165, 1.54) is 4.88 Å². The second kappa shape index (κ2) is 9.40. The monoisotopic (exact) mass is 374 g/mol. The minimum atomic E-state index is 0.711. The lowest BCUT2D eigenvalue weighted by Crippen LogP contribution is -2.44. The Labute approximate surface area is 138 Å². The molecule has 1 saturated heterocycles. The van der Waals surface area contributed by atoms with Gasteiger partial charge in [-0.15, -0.1) is 11.3 Å². The molecule has 2 N–H and O–H groups in total. The standard InChI is InChI=1S/C14H23BrN4OS/c1-2-16-14(18-10-13-9-12(15)11-21-13)17-3-4-19-5-7-20-8-6-19/h9,11H,2-8,10H2,1H3,(H2,16,17,18). The van der Waals surface area contributed by atoms with Crippen molar-refractivity contribution in [2.24, 2.45) is 4.99 Å². The summed E-state index contributed by atoms with van der Waals surface area (Å²) in [6.45, 7) is 9.35. The molecule has 1 aromatic heterocycles. The lowest BCUT2D eigenvalue weighted by molar-refractivity contribution is 0.0389. The minimum Gasteiger partial charge on any atom is -0.379 e. The van der Waals surface area contributed by atoms with E-state index in [0.717, 1.165) is 56.4 Å². The fourth-order valence-corrected chi connectivity index (χ4v) is 3.47. The van der Waals surface area contributed by atoms with Crippen molar-refractivity contribution in [2.45, 2.75) is 13.5 Å². The topological polar surface area (TPSA) is 48.9 Å². The molecule has 0 aromatic carbocycles. The van der Waals surface area contributed by atoms with E-state index in [9.17, 15) is 0 Å². The highest BCUT2D eigenvalue weighted by atomic mass is 79.9. The van der Waals surface area contributed by atoms with E-state index < -0.39 is 0 Å². The molecule has 1 aliphatic rings. The Kier molecular flexibility index (Phi) is 7.49. The number of rotatable bonds is 6. The van der Waals surface area contributed by atoms with Gasteiger partial charge in [-0.1, -0.05) is 0 Å². The first-order valence-corrected chi connectivity index (χ1v) is 9.00. The van der Waals surface area contributed by atoms with Crippen LogP contribution in [0.4, 0.5) is 0 Å². The van der Waals surface area contributed by atoms with Crippen LogP contribution in [0, 0.1) is 0 Å². The number of thiophene rings is 1. The molecular weight excluding hydrogens is 352 g/mol. The van der Waals surface area contributed by atoms with Gasteiger partial charge in [-0.2, -0.15) is 0 Å². The van der Waals surface area contributed by atoms with Crippen molar-refractivity contribution in [3.8, 4) is 0 Å². The van der Waals surface area contributed by atoms with Gasteiger partial charge in [-0.25, -0.2) is 4.99 Å². The molecule has 21 heavy (non-hydrogen) atoms. The summed E-state index contributed by atoms with van der Waals surface area (Å²) in [7, 11) is 0. The number of halogens is 1. The molecule has 0 radical (unpaired) electrons. The first-order chi connectivity index (χ1) is 10.3. The summed E-state index contributed by atoms with van der Waals surface area (Å²) >= 11 is 5.20. The van der Waals surface area contributed by atoms with Crippen molar-refractivity contribution in [3.05, 3.63) is 20.8 Å². The second-order valence-corrected chi connectivity index (χ2v) is 6.72. The summed E-state index contributed by atoms with van der Waals surface area (Å²) in [6.07, 6.45) is 0. The molecule has 0 saturated carbocycles. The van der Waals surface area contributed by atoms with Gasteiger partial charge in [-0.3, -0.25) is 4.90 Å². The van der Waals surface area contributed by atoms with Crippen molar-refractivity contribution in [1.29, 1.82) is 0 Å². The third kappa shape index (κ3) is 6.34. The lowest BCUT2D eigenvalue weighted by Gasteiger charge is -2.26. The summed E-state index contributed by atoms with van der Waals surface area (Å²) in [5.41, 5.74) is 0. The van der Waals surface area contributed by atoms with Crippen LogP contribution in [0.2, 0.25) is 0 Å². The molecule has 1 aromatic rings. The summed E-state index contributed by atoms with van der Waals surface area (Å²) < 4.78 is 6.48. The smallest absolute Gasteiger partial charge is 0.191 e. The highest BCUT2D eigenvalue weighted by Gasteiger charge is 2.09. The zero-order valence-electron chi connectivity index (χ0n) is 12.4. The van der Waals surface area contributed by atoms with Gasteiger partial charge in [0.2, 0.25) is 0 Å². The Hall–Kier alpha value is -0.630. The van der Waals surface area contributed by atoms with E-state index in [1.54, 1.807) is 11.3 Å². The molecule has 0 bridgehead atoms. The molecule has 2 rings (SSSR count). The summed E-state index contributed by atoms with van der Waals surface area (Å²) in [6, 6.07) is 2.12. The first kappa shape index (κ1) is 16.7. The average Bonchev–Trinajstić information content (AvgIpc) is 2.91. The van der Waals surface area contributed by atoms with Gasteiger partial charge in [0, 0.05) is 47.5 Å². The van der Waals surface area contributed by atoms with Crippen molar-refractivity contribution in [3.63, 3.8) is 0 Å². The van der Waals surface area contributed by atoms with Gasteiger partial charge in [0.05, 0.1) is 19.8 Å². The van der Waals surface area contributed by atoms with Gasteiger partial charge in [0.1, 0.15) is 0 Å². The third-order valence-corrected chi connectivity index (χ3v) is 4.87. The Balaban J connectivity index is 1.74. The van der Waals surface area contributed by atoms with E-state index in [-0.39, 0.29) is 0 Å². The van der Waals surface area contributed by atoms with Crippen LogP contribution >= 0.6 is 27.3 Å². The Morgan fingerprint density at radius 3 is 2.90 bits per heavy atom. The predicted octanol–water partition coefficient (Wildman–Crippen LogP) is 1.90. The van der Waals surface area contributed by atoms with Gasteiger partial charge >= 0.3 is 0 Å². The fraction of sp³-hybridized carbons (Fsp3) is 0.643. The molecular formula is C14H23BrN4OS. The average molecular weight is 375 g/mol. The van der Waals surface area contributed by atoms with Gasteiger partial charge in [-0.05, 0) is 28.9 Å². The molecule has 2 heterocycles. The number of nitrogens with zero attached hydrogens (tertiary/aromatic N) is 2. The minimum absolute atomic E-state index is 0.711. The number of morpholine rings is 1. The molecule has 7 heteroatoms. The summed E-state index contributed by atoms with van der Waals surface area (Å²) in [4.78, 5) is 8.29. The van der Waals surface area contributed by atoms with E-state index in [2.05, 4.69) is 54.8 Å². The molecule has 1 aliphatic heterocycles. The zero-order valence-corrected chi connectivity index (χ0v) is 14.8. The van der Waals surface area contributed by atoms with Gasteiger partial charge in [0.15, 0.2) is 5.96 Å². The van der Waals surface area contributed by atoms with Crippen LogP contribution in [0.25, 0.3) is 0 Å². The molecule has 118 valence electrons. The molecule has 1 fully saturated rings. The molecule has 0 unspecified atom stereocenters. The molecule has 0 aliphatic carbocycles. The zero-order chi connectivity index (χ0) is 14.9. The number of guanidine groups is 1. The normalized spacial score (nSPS) is 17.0. The number of aliphatic imine (C=N–C) groups is 1. The van der Waals surface area contributed by atoms with Crippen molar-refractivity contribution < 1.29 is 4.74 Å². The van der Waals surface area contributed by atoms with E-state index in [1.807, 2.05) is 0 Å². The molecule has 0 spiro atoms. The second-order valence-electron chi connectivity index (χ2n) is 4.81. The molecule has 0 amide bonds. The van der Waals surface area contributed by atoms with Crippen molar-refractivity contribution in [1.82, 2.24) is 15.5 Å². The summed E-state index contributed by atoms with van der Waals surface area (Å²) in [5, 5.41) is 8.77. The Morgan fingerprint density at radius 2 is 2.24 bits per heavy atom. The van der Waals surface area contributed by atoms with Crippen LogP contribution in [0.1, 0.15) is 11.8 Å². The van der Waals surface area contributed by atoms with Crippen LogP contribution < -0.4 is 10.6 Å². The van der Waals surface area contributed by atoms with E-state index in [4.69, 9.17) is 4.74 Å². The summed E-state index contributed by atoms with van der Waals surface area (Å²) in [5.74, 6) is 0.885. The van der Waals surface area contributed by atoms with Crippen molar-refractivity contribution >= 4 is 33.2 Å². The van der Waals surface area contributed by atoms with E-state index in [0.29, 0.717) is 6.54 Å². The van der Waals surface area contributed by atoms with E-state index >= 15 is 0 Å². The van der Waals surface area contributed by atoms with Crippen LogP contribution in [0.15, 0.2) is 20.9 Å². The number of nitrogens with one attached hydrogen (secondary N) is 2. The third-order valence-electron chi connectivity index (χ3n) is 3.18. The maximum Gasteiger partial charge on any atom is 0.191 e. The highest BCUT2D eigenvalue weighted by Crippen LogP contribution is 2.20. The fourth-order valence-electron chi connectivity index (χ4n) is 2.09. The number of hydrogen-bond acceptors (Lipinski definition) is 4. The van der Waals surface area contributed by atoms with Gasteiger partial charge in [0.25, 0.3) is 0 Å². The van der Waals surface area contributed by atoms with Crippen molar-refractivity contribution in [2.75, 3.05) is 45.9 Å². The number of hydrogen-bond donors (Lipinski definition) is 2. The van der Waals surface area contributed by atoms with Gasteiger partial charge < -0.3 is 15.4 Å². The van der Waals surface area contributed by atoms with Crippen LogP contribution in [-0.2, 0) is 11.3 Å². The number of ether oxygens (including phenoxy) is 1. The molecule has 0 atom stereocenters. The Bertz CT molecular complexity index is 446. The van der Waals surface area contributed by atoms with Crippen LogP contribution in [-0.4, -0.2) is 56.8 Å². The SMILES string of the molecule is CCNC(=NCc1cc(Br)cs1)NCCN1CCOCC1. The quantitative estimate of drug-likeness (QED) is 0.589. The lowest BCUT2D eigenvalue weighted by atomic mass is 10.4. The molecule has 5 nitrogen and oxygen atoms in total. The first-order valence-electron chi connectivity index (χ1n) is 7.33. The predicted molar refractivity (Wildman–Crippen MR) is 92.1 cm³/mol. The largest absolute Gasteiger partial charge is 0.379 e. The maximum absolute atomic E-state index is 5.35. The van der Waals surface area contributed by atoms with Crippen LogP contribution in [0.5, 0.6) is 0 Å². The maximum atomic E-state index is 5.35. The Morgan fingerprint density at radius 1 is 1.43 bits per heavy atom. The highest BCUT2D eigenvalue weighted by molar-refractivity contribution is 9.10. The van der Waals surface area contributed by atoms with Crippen LogP contribution in [0.3, 0.4) is 0 Å².